The molecule has 0 radical (unpaired) electrons. The quantitative estimate of drug-likeness (QED) is 0.818. The van der Waals surface area contributed by atoms with Gasteiger partial charge in [-0.25, -0.2) is 4.98 Å². The summed E-state index contributed by atoms with van der Waals surface area (Å²) >= 11 is 0. The molecule has 0 aliphatic carbocycles. The van der Waals surface area contributed by atoms with Gasteiger partial charge in [0.05, 0.1) is 6.61 Å². The third-order valence-electron chi connectivity index (χ3n) is 2.65. The number of aliphatic hydroxyl groups excluding tert-OH is 1. The molecule has 0 bridgehead atoms. The van der Waals surface area contributed by atoms with Crippen LogP contribution < -0.4 is 0 Å². The first-order chi connectivity index (χ1) is 7.04. The van der Waals surface area contributed by atoms with Crippen molar-refractivity contribution in [3.05, 3.63) is 29.7 Å². The van der Waals surface area contributed by atoms with Gasteiger partial charge in [0.2, 0.25) is 0 Å². The number of benzene rings is 1. The van der Waals surface area contributed by atoms with Gasteiger partial charge in [-0.1, -0.05) is 26.0 Å². The zero-order valence-corrected chi connectivity index (χ0v) is 9.24. The van der Waals surface area contributed by atoms with E-state index in [1.165, 1.54) is 0 Å². The van der Waals surface area contributed by atoms with E-state index in [2.05, 4.69) is 4.98 Å². The van der Waals surface area contributed by atoms with Gasteiger partial charge in [-0.05, 0) is 11.6 Å². The molecule has 2 aromatic rings. The van der Waals surface area contributed by atoms with Crippen molar-refractivity contribution in [2.45, 2.75) is 26.2 Å². The lowest BCUT2D eigenvalue weighted by atomic mass is 9.85. The Balaban J connectivity index is 2.70. The van der Waals surface area contributed by atoms with E-state index in [0.717, 1.165) is 16.7 Å². The summed E-state index contributed by atoms with van der Waals surface area (Å²) in [7, 11) is 0. The van der Waals surface area contributed by atoms with Crippen LogP contribution in [-0.4, -0.2) is 16.7 Å². The van der Waals surface area contributed by atoms with Crippen LogP contribution in [0.5, 0.6) is 0 Å². The Labute approximate surface area is 88.7 Å². The van der Waals surface area contributed by atoms with Crippen LogP contribution >= 0.6 is 0 Å². The number of aromatic nitrogens is 1. The molecule has 0 atom stereocenters. The molecule has 1 heterocycles. The molecule has 1 N–H and O–H groups in total. The number of hydrogen-bond donors (Lipinski definition) is 1. The van der Waals surface area contributed by atoms with Crippen molar-refractivity contribution in [2.75, 3.05) is 6.61 Å². The van der Waals surface area contributed by atoms with E-state index in [1.807, 2.05) is 39.0 Å². The predicted octanol–water partition coefficient (Wildman–Crippen LogP) is 2.41. The highest BCUT2D eigenvalue weighted by Gasteiger charge is 2.23. The molecule has 3 nitrogen and oxygen atoms in total. The van der Waals surface area contributed by atoms with E-state index in [4.69, 9.17) is 4.42 Å². The van der Waals surface area contributed by atoms with Crippen LogP contribution in [0.2, 0.25) is 0 Å². The van der Waals surface area contributed by atoms with Gasteiger partial charge in [-0.3, -0.25) is 0 Å². The lowest BCUT2D eigenvalue weighted by molar-refractivity contribution is 0.219. The molecule has 0 aliphatic rings. The maximum absolute atomic E-state index is 9.36. The Hall–Kier alpha value is -1.35. The zero-order valence-electron chi connectivity index (χ0n) is 9.24. The number of aryl methyl sites for hydroxylation is 1. The van der Waals surface area contributed by atoms with Gasteiger partial charge in [0, 0.05) is 12.3 Å². The maximum Gasteiger partial charge on any atom is 0.192 e. The molecule has 0 unspecified atom stereocenters. The van der Waals surface area contributed by atoms with Gasteiger partial charge in [0.1, 0.15) is 5.52 Å². The van der Waals surface area contributed by atoms with Crippen LogP contribution in [0.25, 0.3) is 11.1 Å². The lowest BCUT2D eigenvalue weighted by Gasteiger charge is -2.22. The third kappa shape index (κ3) is 1.63. The number of rotatable bonds is 2. The van der Waals surface area contributed by atoms with E-state index in [0.29, 0.717) is 5.89 Å². The van der Waals surface area contributed by atoms with Crippen LogP contribution in [0, 0.1) is 6.92 Å². The molecule has 80 valence electrons. The highest BCUT2D eigenvalue weighted by Crippen LogP contribution is 2.29. The summed E-state index contributed by atoms with van der Waals surface area (Å²) in [5, 5.41) is 9.36. The van der Waals surface area contributed by atoms with Gasteiger partial charge in [0.25, 0.3) is 0 Å². The Morgan fingerprint density at radius 1 is 1.40 bits per heavy atom. The maximum atomic E-state index is 9.36. The highest BCUT2D eigenvalue weighted by atomic mass is 16.3. The number of oxazole rings is 1. The van der Waals surface area contributed by atoms with Crippen molar-refractivity contribution in [1.29, 1.82) is 0 Å². The fourth-order valence-electron chi connectivity index (χ4n) is 1.69. The molecular weight excluding hydrogens is 190 g/mol. The Bertz CT molecular complexity index is 485. The van der Waals surface area contributed by atoms with Crippen molar-refractivity contribution >= 4 is 11.1 Å². The van der Waals surface area contributed by atoms with Crippen LogP contribution in [0.3, 0.4) is 0 Å². The largest absolute Gasteiger partial charge is 0.441 e. The zero-order chi connectivity index (χ0) is 11.1. The van der Waals surface area contributed by atoms with E-state index < -0.39 is 0 Å². The van der Waals surface area contributed by atoms with Crippen molar-refractivity contribution in [3.8, 4) is 0 Å². The second-order valence-electron chi connectivity index (χ2n) is 4.43. The number of hydrogen-bond acceptors (Lipinski definition) is 3. The molecule has 1 aromatic carbocycles. The lowest BCUT2D eigenvalue weighted by Crippen LogP contribution is -2.22. The first-order valence-corrected chi connectivity index (χ1v) is 5.02. The number of aliphatic hydroxyl groups is 1. The first-order valence-electron chi connectivity index (χ1n) is 5.02. The van der Waals surface area contributed by atoms with Gasteiger partial charge in [-0.2, -0.15) is 0 Å². The summed E-state index contributed by atoms with van der Waals surface area (Å²) in [4.78, 5) is 4.35. The van der Waals surface area contributed by atoms with Gasteiger partial charge >= 0.3 is 0 Å². The van der Waals surface area contributed by atoms with Crippen LogP contribution in [0.4, 0.5) is 0 Å². The standard InChI is InChI=1S/C12H15NO2/c1-8-13-11-9(12(2,3)7-14)5-4-6-10(11)15-8/h4-6,14H,7H2,1-3H3. The van der Waals surface area contributed by atoms with Gasteiger partial charge in [0.15, 0.2) is 11.5 Å². The monoisotopic (exact) mass is 205 g/mol. The molecule has 1 aromatic heterocycles. The molecular formula is C12H15NO2. The highest BCUT2D eigenvalue weighted by molar-refractivity contribution is 5.77. The summed E-state index contributed by atoms with van der Waals surface area (Å²) in [6, 6.07) is 5.81. The first kappa shape index (κ1) is 10.2. The summed E-state index contributed by atoms with van der Waals surface area (Å²) < 4.78 is 5.46. The summed E-state index contributed by atoms with van der Waals surface area (Å²) in [6.07, 6.45) is 0. The predicted molar refractivity (Wildman–Crippen MR) is 58.9 cm³/mol. The van der Waals surface area contributed by atoms with Crippen LogP contribution in [0.15, 0.2) is 22.6 Å². The van der Waals surface area contributed by atoms with E-state index in [1.54, 1.807) is 0 Å². The van der Waals surface area contributed by atoms with Crippen molar-refractivity contribution in [3.63, 3.8) is 0 Å². The average Bonchev–Trinajstić information content (AvgIpc) is 2.57. The van der Waals surface area contributed by atoms with E-state index >= 15 is 0 Å². The molecule has 0 spiro atoms. The second-order valence-corrected chi connectivity index (χ2v) is 4.43. The molecule has 0 amide bonds. The third-order valence-corrected chi connectivity index (χ3v) is 2.65. The summed E-state index contributed by atoms with van der Waals surface area (Å²) in [5.41, 5.74) is 2.38. The van der Waals surface area contributed by atoms with Crippen LogP contribution in [0.1, 0.15) is 25.3 Å². The van der Waals surface area contributed by atoms with Gasteiger partial charge < -0.3 is 9.52 Å². The van der Waals surface area contributed by atoms with Crippen LogP contribution in [-0.2, 0) is 5.41 Å². The SMILES string of the molecule is Cc1nc2c(C(C)(C)CO)cccc2o1. The van der Waals surface area contributed by atoms with E-state index in [9.17, 15) is 5.11 Å². The number of para-hydroxylation sites is 1. The fourth-order valence-corrected chi connectivity index (χ4v) is 1.69. The van der Waals surface area contributed by atoms with Crippen molar-refractivity contribution in [2.24, 2.45) is 0 Å². The Morgan fingerprint density at radius 2 is 2.13 bits per heavy atom. The van der Waals surface area contributed by atoms with Crippen molar-refractivity contribution < 1.29 is 9.52 Å². The molecule has 15 heavy (non-hydrogen) atoms. The Morgan fingerprint density at radius 3 is 2.80 bits per heavy atom. The fraction of sp³-hybridized carbons (Fsp3) is 0.417. The average molecular weight is 205 g/mol. The minimum atomic E-state index is -0.289. The summed E-state index contributed by atoms with van der Waals surface area (Å²) in [5.74, 6) is 0.659. The minimum Gasteiger partial charge on any atom is -0.441 e. The number of nitrogens with zero attached hydrogens (tertiary/aromatic N) is 1. The van der Waals surface area contributed by atoms with Crippen molar-refractivity contribution in [1.82, 2.24) is 4.98 Å². The topological polar surface area (TPSA) is 46.3 Å². The molecule has 0 aliphatic heterocycles. The molecule has 3 heteroatoms. The smallest absolute Gasteiger partial charge is 0.192 e. The molecule has 0 fully saturated rings. The number of fused-ring (bicyclic) bond motifs is 1. The summed E-state index contributed by atoms with van der Waals surface area (Å²) in [6.45, 7) is 5.91. The minimum absolute atomic E-state index is 0.0953. The second kappa shape index (κ2) is 3.35. The van der Waals surface area contributed by atoms with Gasteiger partial charge in [-0.15, -0.1) is 0 Å². The molecule has 0 saturated carbocycles. The normalized spacial score (nSPS) is 12.3. The Kier molecular flexibility index (Phi) is 2.27. The van der Waals surface area contributed by atoms with E-state index in [-0.39, 0.29) is 12.0 Å². The molecule has 2 rings (SSSR count). The molecule has 0 saturated heterocycles.